The molecule has 6 nitrogen and oxygen atoms in total. The van der Waals surface area contributed by atoms with E-state index in [0.29, 0.717) is 22.2 Å². The van der Waals surface area contributed by atoms with E-state index in [0.717, 1.165) is 17.7 Å². The minimum absolute atomic E-state index is 0.0967. The molecule has 0 bridgehead atoms. The van der Waals surface area contributed by atoms with Crippen LogP contribution in [0.2, 0.25) is 0 Å². The molecule has 1 aliphatic rings. The maximum Gasteiger partial charge on any atom is 0.280 e. The summed E-state index contributed by atoms with van der Waals surface area (Å²) in [5.41, 5.74) is 1.05. The Morgan fingerprint density at radius 3 is 2.79 bits per heavy atom. The molecule has 1 aromatic carbocycles. The molecule has 166 valence electrons. The number of aromatic nitrogens is 2. The minimum Gasteiger partial charge on any atom is -0.494 e. The van der Waals surface area contributed by atoms with Gasteiger partial charge in [-0.25, -0.2) is 13.8 Å². The van der Waals surface area contributed by atoms with Gasteiger partial charge in [0.1, 0.15) is 11.4 Å². The van der Waals surface area contributed by atoms with Crippen LogP contribution in [0.1, 0.15) is 45.8 Å². The Kier molecular flexibility index (Phi) is 6.62. The van der Waals surface area contributed by atoms with E-state index in [4.69, 9.17) is 10.00 Å². The van der Waals surface area contributed by atoms with Crippen molar-refractivity contribution in [2.24, 2.45) is 5.92 Å². The molecule has 33 heavy (non-hydrogen) atoms. The van der Waals surface area contributed by atoms with Gasteiger partial charge in [-0.2, -0.15) is 5.26 Å². The Hall–Kier alpha value is -3.82. The van der Waals surface area contributed by atoms with Crippen molar-refractivity contribution in [2.45, 2.75) is 25.7 Å². The summed E-state index contributed by atoms with van der Waals surface area (Å²) in [7, 11) is 1.39. The van der Waals surface area contributed by atoms with Crippen molar-refractivity contribution in [1.29, 1.82) is 5.26 Å². The van der Waals surface area contributed by atoms with Crippen molar-refractivity contribution >= 4 is 22.4 Å². The third-order valence-corrected chi connectivity index (χ3v) is 5.77. The van der Waals surface area contributed by atoms with Gasteiger partial charge in [-0.1, -0.05) is 29.2 Å². The Balaban J connectivity index is 1.70. The number of methoxy groups -OCH3 is 1. The summed E-state index contributed by atoms with van der Waals surface area (Å²) in [5.74, 6) is 6.42. The number of amides is 1. The van der Waals surface area contributed by atoms with E-state index in [9.17, 15) is 13.6 Å². The van der Waals surface area contributed by atoms with Crippen molar-refractivity contribution in [2.75, 3.05) is 12.4 Å². The summed E-state index contributed by atoms with van der Waals surface area (Å²) in [6, 6.07) is 8.08. The highest BCUT2D eigenvalue weighted by Gasteiger charge is 2.21. The van der Waals surface area contributed by atoms with E-state index in [1.54, 1.807) is 24.4 Å². The highest BCUT2D eigenvalue weighted by molar-refractivity contribution is 7.16. The normalized spacial score (nSPS) is 12.6. The van der Waals surface area contributed by atoms with Crippen molar-refractivity contribution in [3.63, 3.8) is 0 Å². The topological polar surface area (TPSA) is 87.9 Å². The summed E-state index contributed by atoms with van der Waals surface area (Å²) in [6.45, 7) is 0. The van der Waals surface area contributed by atoms with Crippen LogP contribution in [0.4, 0.5) is 13.9 Å². The van der Waals surface area contributed by atoms with Gasteiger partial charge in [0.05, 0.1) is 36.9 Å². The molecule has 1 N–H and O–H groups in total. The van der Waals surface area contributed by atoms with Crippen LogP contribution in [0, 0.1) is 29.1 Å². The number of hydrogen-bond donors (Lipinski definition) is 1. The first-order valence-corrected chi connectivity index (χ1v) is 10.9. The monoisotopic (exact) mass is 464 g/mol. The number of halogens is 2. The first kappa shape index (κ1) is 22.4. The number of nitrogens with one attached hydrogen (secondary N) is 1. The fourth-order valence-corrected chi connectivity index (χ4v) is 3.79. The van der Waals surface area contributed by atoms with Gasteiger partial charge in [-0.3, -0.25) is 15.1 Å². The summed E-state index contributed by atoms with van der Waals surface area (Å²) < 4.78 is 32.0. The summed E-state index contributed by atoms with van der Waals surface area (Å²) >= 11 is 1.26. The lowest BCUT2D eigenvalue weighted by molar-refractivity contribution is 0.102. The highest BCUT2D eigenvalue weighted by atomic mass is 32.1. The van der Waals surface area contributed by atoms with Crippen LogP contribution in [-0.2, 0) is 6.42 Å². The van der Waals surface area contributed by atoms with Crippen LogP contribution in [0.3, 0.4) is 0 Å². The Labute approximate surface area is 193 Å². The molecule has 1 fully saturated rings. The molecule has 0 radical (unpaired) electrons. The number of hydrogen-bond acceptors (Lipinski definition) is 6. The molecule has 1 saturated carbocycles. The fraction of sp³-hybridized carbons (Fsp3) is 0.250. The number of pyridine rings is 1. The number of nitrogens with zero attached hydrogens (tertiary/aromatic N) is 3. The van der Waals surface area contributed by atoms with Gasteiger partial charge < -0.3 is 4.74 Å². The first-order chi connectivity index (χ1) is 16.0. The number of carbonyl (C=O) groups excluding carboxylic acids is 1. The maximum atomic E-state index is 13.3. The van der Waals surface area contributed by atoms with Crippen LogP contribution in [-0.4, -0.2) is 23.0 Å². The molecule has 3 aromatic rings. The van der Waals surface area contributed by atoms with E-state index in [1.165, 1.54) is 30.7 Å². The zero-order valence-electron chi connectivity index (χ0n) is 17.6. The van der Waals surface area contributed by atoms with Crippen LogP contribution in [0.15, 0.2) is 36.7 Å². The number of anilines is 1. The van der Waals surface area contributed by atoms with Gasteiger partial charge in [0.15, 0.2) is 5.13 Å². The molecule has 0 saturated heterocycles. The number of alkyl halides is 2. The zero-order valence-corrected chi connectivity index (χ0v) is 18.4. The molecule has 9 heteroatoms. The van der Waals surface area contributed by atoms with Gasteiger partial charge in [-0.15, -0.1) is 0 Å². The zero-order chi connectivity index (χ0) is 23.4. The second-order valence-corrected chi connectivity index (χ2v) is 8.38. The van der Waals surface area contributed by atoms with Crippen LogP contribution >= 0.6 is 11.3 Å². The lowest BCUT2D eigenvalue weighted by Crippen LogP contribution is -2.13. The van der Waals surface area contributed by atoms with Crippen molar-refractivity contribution in [1.82, 2.24) is 9.97 Å². The Bertz CT molecular complexity index is 1300. The van der Waals surface area contributed by atoms with E-state index >= 15 is 0 Å². The van der Waals surface area contributed by atoms with E-state index in [2.05, 4.69) is 33.2 Å². The maximum absolute atomic E-state index is 13.3. The van der Waals surface area contributed by atoms with Crippen molar-refractivity contribution in [3.05, 3.63) is 58.4 Å². The van der Waals surface area contributed by atoms with Crippen LogP contribution < -0.4 is 10.1 Å². The van der Waals surface area contributed by atoms with Gasteiger partial charge in [-0.05, 0) is 42.2 Å². The standard InChI is InChI=1S/C24H18F2N4O2S/c1-32-21-13-28-20(22(25)26)11-19(21)18-10-15(8-9-27)5-7-17(18)23(31)30-24-29-12-16(33-24)6-4-14-2-3-14/h5,7,10-14,22H,2-3,8H2,1H3,(H,29,30,31). The van der Waals surface area contributed by atoms with E-state index < -0.39 is 18.0 Å². The molecule has 0 spiro atoms. The lowest BCUT2D eigenvalue weighted by atomic mass is 9.95. The average molecular weight is 464 g/mol. The van der Waals surface area contributed by atoms with Crippen molar-refractivity contribution in [3.8, 4) is 34.8 Å². The first-order valence-electron chi connectivity index (χ1n) is 10.1. The largest absolute Gasteiger partial charge is 0.494 e. The quantitative estimate of drug-likeness (QED) is 0.505. The van der Waals surface area contributed by atoms with E-state index in [1.807, 2.05) is 0 Å². The Morgan fingerprint density at radius 2 is 2.09 bits per heavy atom. The summed E-state index contributed by atoms with van der Waals surface area (Å²) in [4.78, 5) is 21.8. The molecule has 0 aliphatic heterocycles. The predicted molar refractivity (Wildman–Crippen MR) is 120 cm³/mol. The molecule has 2 aromatic heterocycles. The number of ether oxygens (including phenoxy) is 1. The molecule has 0 atom stereocenters. The molecular formula is C24H18F2N4O2S. The SMILES string of the molecule is COc1cnc(C(F)F)cc1-c1cc(CC#N)ccc1C(=O)Nc1ncc(C#CC2CC2)s1. The molecular weight excluding hydrogens is 446 g/mol. The number of carbonyl (C=O) groups is 1. The lowest BCUT2D eigenvalue weighted by Gasteiger charge is -2.15. The molecule has 0 unspecified atom stereocenters. The van der Waals surface area contributed by atoms with Gasteiger partial charge in [0.2, 0.25) is 0 Å². The molecule has 1 aliphatic carbocycles. The molecule has 2 heterocycles. The highest BCUT2D eigenvalue weighted by Crippen LogP contribution is 2.36. The van der Waals surface area contributed by atoms with Crippen LogP contribution in [0.25, 0.3) is 11.1 Å². The number of rotatable bonds is 6. The smallest absolute Gasteiger partial charge is 0.280 e. The minimum atomic E-state index is -2.79. The third-order valence-electron chi connectivity index (χ3n) is 4.94. The summed E-state index contributed by atoms with van der Waals surface area (Å²) in [5, 5.41) is 12.2. The predicted octanol–water partition coefficient (Wildman–Crippen LogP) is 5.23. The average Bonchev–Trinajstić information content (AvgIpc) is 3.55. The second-order valence-electron chi connectivity index (χ2n) is 7.35. The van der Waals surface area contributed by atoms with Gasteiger partial charge in [0.25, 0.3) is 12.3 Å². The fourth-order valence-electron chi connectivity index (χ4n) is 3.12. The second kappa shape index (κ2) is 9.76. The molecule has 4 rings (SSSR count). The van der Waals surface area contributed by atoms with E-state index in [-0.39, 0.29) is 23.3 Å². The Morgan fingerprint density at radius 1 is 1.27 bits per heavy atom. The van der Waals surface area contributed by atoms with Crippen molar-refractivity contribution < 1.29 is 18.3 Å². The van der Waals surface area contributed by atoms with Crippen LogP contribution in [0.5, 0.6) is 5.75 Å². The number of benzene rings is 1. The van der Waals surface area contributed by atoms with Gasteiger partial charge in [0, 0.05) is 17.0 Å². The third kappa shape index (κ3) is 5.33. The number of nitriles is 1. The molecule has 1 amide bonds. The van der Waals surface area contributed by atoms with Gasteiger partial charge >= 0.3 is 0 Å². The number of thiazole rings is 1. The summed E-state index contributed by atoms with van der Waals surface area (Å²) in [6.07, 6.45) is 2.34.